The molecule has 0 spiro atoms. The summed E-state index contributed by atoms with van der Waals surface area (Å²) in [5, 5.41) is 2.25. The first kappa shape index (κ1) is 13.1. The molecule has 0 saturated heterocycles. The van der Waals surface area contributed by atoms with E-state index in [0.717, 1.165) is 0 Å². The number of hydrogen-bond acceptors (Lipinski definition) is 5. The van der Waals surface area contributed by atoms with Crippen molar-refractivity contribution in [3.05, 3.63) is 24.2 Å². The van der Waals surface area contributed by atoms with E-state index >= 15 is 0 Å². The van der Waals surface area contributed by atoms with Crippen LogP contribution in [0.4, 0.5) is 0 Å². The van der Waals surface area contributed by atoms with Crippen molar-refractivity contribution in [1.82, 2.24) is 0 Å². The number of furan rings is 1. The van der Waals surface area contributed by atoms with Gasteiger partial charge in [0, 0.05) is 6.54 Å². The number of hydrogen-bond donors (Lipinski definition) is 0. The molecule has 6 heteroatoms. The molecule has 1 rings (SSSR count). The quantitative estimate of drug-likeness (QED) is 0.427. The fraction of sp³-hybridized carbons (Fsp3) is 0.500. The highest BCUT2D eigenvalue weighted by molar-refractivity contribution is 7.90. The maximum Gasteiger partial charge on any atom is 0.157 e. The van der Waals surface area contributed by atoms with Crippen LogP contribution in [-0.2, 0) is 15.6 Å². The number of nitrogens with zero attached hydrogens (tertiary/aromatic N) is 1. The van der Waals surface area contributed by atoms with Gasteiger partial charge in [0.2, 0.25) is 0 Å². The number of isothiocyanates is 1. The first-order chi connectivity index (χ1) is 7.64. The predicted octanol–water partition coefficient (Wildman–Crippen LogP) is 2.08. The first-order valence-corrected chi connectivity index (χ1v) is 7.13. The second-order valence-corrected chi connectivity index (χ2v) is 5.72. The third kappa shape index (κ3) is 5.21. The molecule has 0 aromatic carbocycles. The summed E-state index contributed by atoms with van der Waals surface area (Å²) in [6.45, 7) is 0.541. The molecule has 4 nitrogen and oxygen atoms in total. The fourth-order valence-corrected chi connectivity index (χ4v) is 2.72. The van der Waals surface area contributed by atoms with Gasteiger partial charge in [-0.2, -0.15) is 0 Å². The predicted molar refractivity (Wildman–Crippen MR) is 65.3 cm³/mol. The van der Waals surface area contributed by atoms with Gasteiger partial charge in [0.05, 0.1) is 17.2 Å². The highest BCUT2D eigenvalue weighted by atomic mass is 32.2. The van der Waals surface area contributed by atoms with Gasteiger partial charge in [-0.05, 0) is 37.2 Å². The molecule has 0 aliphatic rings. The molecule has 0 radical (unpaired) electrons. The molecular formula is C10H13NO3S2. The van der Waals surface area contributed by atoms with Gasteiger partial charge in [-0.25, -0.2) is 13.4 Å². The van der Waals surface area contributed by atoms with Crippen LogP contribution in [0.2, 0.25) is 0 Å². The van der Waals surface area contributed by atoms with Crippen molar-refractivity contribution in [2.45, 2.75) is 18.6 Å². The van der Waals surface area contributed by atoms with E-state index in [1.807, 2.05) is 0 Å². The zero-order chi connectivity index (χ0) is 11.9. The maximum absolute atomic E-state index is 11.6. The van der Waals surface area contributed by atoms with Gasteiger partial charge >= 0.3 is 0 Å². The molecule has 88 valence electrons. The number of thiocarbonyl (C=S) groups is 1. The Kier molecular flexibility index (Phi) is 5.38. The van der Waals surface area contributed by atoms with Gasteiger partial charge in [-0.15, -0.1) is 0 Å². The summed E-state index contributed by atoms with van der Waals surface area (Å²) in [5.41, 5.74) is 0. The minimum atomic E-state index is -3.07. The lowest BCUT2D eigenvalue weighted by atomic mass is 10.3. The number of rotatable bonds is 7. The van der Waals surface area contributed by atoms with E-state index in [1.165, 1.54) is 6.26 Å². The smallest absolute Gasteiger partial charge is 0.157 e. The Balaban J connectivity index is 2.32. The van der Waals surface area contributed by atoms with E-state index in [-0.39, 0.29) is 11.5 Å². The lowest BCUT2D eigenvalue weighted by Crippen LogP contribution is -2.09. The van der Waals surface area contributed by atoms with E-state index in [0.29, 0.717) is 25.1 Å². The monoisotopic (exact) mass is 259 g/mol. The number of unbranched alkanes of at least 4 members (excludes halogenated alkanes) is 1. The van der Waals surface area contributed by atoms with Crippen LogP contribution in [0.1, 0.15) is 18.6 Å². The summed E-state index contributed by atoms with van der Waals surface area (Å²) < 4.78 is 28.2. The second kappa shape index (κ2) is 6.58. The molecule has 0 N–H and O–H groups in total. The second-order valence-electron chi connectivity index (χ2n) is 3.35. The van der Waals surface area contributed by atoms with Crippen LogP contribution in [0.5, 0.6) is 0 Å². The number of sulfone groups is 1. The molecule has 0 unspecified atom stereocenters. The summed E-state index contributed by atoms with van der Waals surface area (Å²) >= 11 is 4.40. The molecule has 0 atom stereocenters. The third-order valence-electron chi connectivity index (χ3n) is 1.98. The van der Waals surface area contributed by atoms with Crippen molar-refractivity contribution in [3.8, 4) is 0 Å². The van der Waals surface area contributed by atoms with Gasteiger partial charge < -0.3 is 4.42 Å². The third-order valence-corrected chi connectivity index (χ3v) is 3.75. The first-order valence-electron chi connectivity index (χ1n) is 4.90. The van der Waals surface area contributed by atoms with E-state index in [9.17, 15) is 8.42 Å². The summed E-state index contributed by atoms with van der Waals surface area (Å²) in [4.78, 5) is 3.72. The van der Waals surface area contributed by atoms with Gasteiger partial charge in [0.1, 0.15) is 11.5 Å². The lowest BCUT2D eigenvalue weighted by molar-refractivity contribution is 0.520. The highest BCUT2D eigenvalue weighted by Gasteiger charge is 2.13. The molecule has 0 aliphatic carbocycles. The average Bonchev–Trinajstić information content (AvgIpc) is 2.69. The Morgan fingerprint density at radius 2 is 2.25 bits per heavy atom. The van der Waals surface area contributed by atoms with Gasteiger partial charge in [0.15, 0.2) is 9.84 Å². The van der Waals surface area contributed by atoms with Gasteiger partial charge in [0.25, 0.3) is 0 Å². The molecule has 0 aliphatic heterocycles. The fourth-order valence-electron chi connectivity index (χ4n) is 1.24. The van der Waals surface area contributed by atoms with Crippen LogP contribution in [0.25, 0.3) is 0 Å². The minimum Gasteiger partial charge on any atom is -0.468 e. The van der Waals surface area contributed by atoms with Crippen molar-refractivity contribution >= 4 is 27.2 Å². The Morgan fingerprint density at radius 3 is 2.88 bits per heavy atom. The van der Waals surface area contributed by atoms with E-state index in [2.05, 4.69) is 22.4 Å². The molecule has 1 aromatic heterocycles. The van der Waals surface area contributed by atoms with Crippen LogP contribution in [0.15, 0.2) is 27.8 Å². The van der Waals surface area contributed by atoms with Crippen LogP contribution >= 0.6 is 12.2 Å². The molecule has 1 aromatic rings. The lowest BCUT2D eigenvalue weighted by Gasteiger charge is -2.00. The van der Waals surface area contributed by atoms with Crippen molar-refractivity contribution in [1.29, 1.82) is 0 Å². The standard InChI is InChI=1S/C10H13NO3S2/c12-16(13,7-2-1-5-11-9-15)8-10-4-3-6-14-10/h3-4,6H,1-2,5,7-8H2. The Labute approximate surface area is 100 Å². The molecule has 0 saturated carbocycles. The Morgan fingerprint density at radius 1 is 1.44 bits per heavy atom. The molecule has 0 bridgehead atoms. The zero-order valence-electron chi connectivity index (χ0n) is 8.76. The molecule has 1 heterocycles. The van der Waals surface area contributed by atoms with E-state index in [4.69, 9.17) is 4.42 Å². The molecule has 0 amide bonds. The van der Waals surface area contributed by atoms with Crippen molar-refractivity contribution in [3.63, 3.8) is 0 Å². The van der Waals surface area contributed by atoms with Crippen molar-refractivity contribution < 1.29 is 12.8 Å². The maximum atomic E-state index is 11.6. The summed E-state index contributed by atoms with van der Waals surface area (Å²) in [6, 6.07) is 3.34. The van der Waals surface area contributed by atoms with Crippen molar-refractivity contribution in [2.75, 3.05) is 12.3 Å². The van der Waals surface area contributed by atoms with Crippen molar-refractivity contribution in [2.24, 2.45) is 4.99 Å². The largest absolute Gasteiger partial charge is 0.468 e. The van der Waals surface area contributed by atoms with E-state index in [1.54, 1.807) is 12.1 Å². The van der Waals surface area contributed by atoms with Gasteiger partial charge in [-0.1, -0.05) is 0 Å². The van der Waals surface area contributed by atoms with Crippen LogP contribution in [0.3, 0.4) is 0 Å². The average molecular weight is 259 g/mol. The Hall–Kier alpha value is -0.970. The topological polar surface area (TPSA) is 59.6 Å². The highest BCUT2D eigenvalue weighted by Crippen LogP contribution is 2.08. The normalized spacial score (nSPS) is 11.0. The molecule has 0 fully saturated rings. The van der Waals surface area contributed by atoms with E-state index < -0.39 is 9.84 Å². The Bertz CT molecular complexity index is 444. The summed E-state index contributed by atoms with van der Waals surface area (Å²) in [7, 11) is -3.07. The minimum absolute atomic E-state index is 0.0313. The summed E-state index contributed by atoms with van der Waals surface area (Å²) in [6.07, 6.45) is 2.77. The van der Waals surface area contributed by atoms with Crippen LogP contribution in [0, 0.1) is 0 Å². The molecule has 16 heavy (non-hydrogen) atoms. The van der Waals surface area contributed by atoms with Crippen LogP contribution in [-0.4, -0.2) is 25.9 Å². The number of aliphatic imine (C=N–C) groups is 1. The zero-order valence-corrected chi connectivity index (χ0v) is 10.4. The molecular weight excluding hydrogens is 246 g/mol. The van der Waals surface area contributed by atoms with Crippen LogP contribution < -0.4 is 0 Å². The van der Waals surface area contributed by atoms with Gasteiger partial charge in [-0.3, -0.25) is 0 Å². The summed E-state index contributed by atoms with van der Waals surface area (Å²) in [5.74, 6) is 0.605. The SMILES string of the molecule is O=S(=O)(CCCCN=C=S)Cc1ccco1.